The van der Waals surface area contributed by atoms with Crippen molar-refractivity contribution >= 4 is 37.8 Å². The third kappa shape index (κ3) is 4.08. The van der Waals surface area contributed by atoms with Gasteiger partial charge in [0.1, 0.15) is 14.8 Å². The van der Waals surface area contributed by atoms with Crippen molar-refractivity contribution in [2.24, 2.45) is 0 Å². The van der Waals surface area contributed by atoms with Crippen molar-refractivity contribution in [1.29, 1.82) is 0 Å². The van der Waals surface area contributed by atoms with Gasteiger partial charge in [-0.1, -0.05) is 6.92 Å². The van der Waals surface area contributed by atoms with E-state index in [1.807, 2.05) is 6.92 Å². The minimum absolute atomic E-state index is 0.0672. The standard InChI is InChI=1S/C12H20N2O5S2/c1-5-7(6-18-2)14-11-10(21(4,16)17)8(13)9(20-11)12(15)19-3/h7,14H,5-6,13H2,1-4H3. The van der Waals surface area contributed by atoms with E-state index in [1.54, 1.807) is 7.11 Å². The first kappa shape index (κ1) is 17.7. The molecule has 0 aliphatic rings. The predicted molar refractivity (Wildman–Crippen MR) is 82.8 cm³/mol. The van der Waals surface area contributed by atoms with Crippen LogP contribution in [0.4, 0.5) is 10.7 Å². The normalized spacial score (nSPS) is 13.0. The highest BCUT2D eigenvalue weighted by atomic mass is 32.2. The lowest BCUT2D eigenvalue weighted by Crippen LogP contribution is -2.24. The van der Waals surface area contributed by atoms with E-state index in [4.69, 9.17) is 10.5 Å². The first-order valence-corrected chi connectivity index (χ1v) is 8.93. The van der Waals surface area contributed by atoms with Gasteiger partial charge in [0.05, 0.1) is 19.4 Å². The highest BCUT2D eigenvalue weighted by molar-refractivity contribution is 7.91. The van der Waals surface area contributed by atoms with Crippen LogP contribution in [-0.2, 0) is 19.3 Å². The summed E-state index contributed by atoms with van der Waals surface area (Å²) in [7, 11) is -0.803. The number of esters is 1. The second kappa shape index (κ2) is 7.10. The molecule has 9 heteroatoms. The van der Waals surface area contributed by atoms with Gasteiger partial charge in [-0.15, -0.1) is 11.3 Å². The average Bonchev–Trinajstić information content (AvgIpc) is 2.73. The van der Waals surface area contributed by atoms with Crippen LogP contribution in [0.1, 0.15) is 23.0 Å². The number of nitrogen functional groups attached to an aromatic ring is 1. The summed E-state index contributed by atoms with van der Waals surface area (Å²) in [6, 6.07) is -0.0842. The summed E-state index contributed by atoms with van der Waals surface area (Å²) >= 11 is 0.970. The molecule has 3 N–H and O–H groups in total. The highest BCUT2D eigenvalue weighted by Crippen LogP contribution is 2.40. The average molecular weight is 336 g/mol. The number of anilines is 2. The minimum Gasteiger partial charge on any atom is -0.465 e. The maximum Gasteiger partial charge on any atom is 0.350 e. The van der Waals surface area contributed by atoms with E-state index in [-0.39, 0.29) is 21.5 Å². The van der Waals surface area contributed by atoms with Crippen molar-refractivity contribution in [2.75, 3.05) is 38.1 Å². The predicted octanol–water partition coefficient (Wildman–Crippen LogP) is 1.36. The number of ether oxygens (including phenoxy) is 2. The number of hydrogen-bond acceptors (Lipinski definition) is 8. The van der Waals surface area contributed by atoms with Crippen molar-refractivity contribution < 1.29 is 22.7 Å². The molecule has 1 heterocycles. The number of nitrogens with one attached hydrogen (secondary N) is 1. The van der Waals surface area contributed by atoms with Crippen LogP contribution in [0.5, 0.6) is 0 Å². The van der Waals surface area contributed by atoms with Gasteiger partial charge in [0, 0.05) is 19.4 Å². The quantitative estimate of drug-likeness (QED) is 0.724. The first-order chi connectivity index (χ1) is 9.76. The minimum atomic E-state index is -3.58. The maximum absolute atomic E-state index is 11.9. The number of rotatable bonds is 7. The molecule has 0 amide bonds. The summed E-state index contributed by atoms with van der Waals surface area (Å²) in [5, 5.41) is 3.40. The summed E-state index contributed by atoms with van der Waals surface area (Å²) in [4.78, 5) is 11.7. The topological polar surface area (TPSA) is 108 Å². The van der Waals surface area contributed by atoms with Gasteiger partial charge in [-0.3, -0.25) is 0 Å². The second-order valence-corrected chi connectivity index (χ2v) is 7.44. The van der Waals surface area contributed by atoms with Crippen molar-refractivity contribution in [3.63, 3.8) is 0 Å². The molecular formula is C12H20N2O5S2. The van der Waals surface area contributed by atoms with Crippen LogP contribution in [0, 0.1) is 0 Å². The summed E-state index contributed by atoms with van der Waals surface area (Å²) < 4.78 is 33.5. The number of sulfone groups is 1. The molecule has 1 aromatic rings. The Hall–Kier alpha value is -1.32. The third-order valence-corrected chi connectivity index (χ3v) is 5.25. The SMILES string of the molecule is CCC(COC)Nc1sc(C(=O)OC)c(N)c1S(C)(=O)=O. The number of hydrogen-bond donors (Lipinski definition) is 2. The molecule has 7 nitrogen and oxygen atoms in total. The molecule has 120 valence electrons. The molecule has 0 aliphatic heterocycles. The third-order valence-electron chi connectivity index (χ3n) is 2.84. The van der Waals surface area contributed by atoms with Gasteiger partial charge in [-0.05, 0) is 6.42 Å². The Bertz CT molecular complexity index is 609. The van der Waals surface area contributed by atoms with Crippen molar-refractivity contribution in [1.82, 2.24) is 0 Å². The van der Waals surface area contributed by atoms with Crippen LogP contribution < -0.4 is 11.1 Å². The summed E-state index contributed by atoms with van der Waals surface area (Å²) in [5.41, 5.74) is 5.74. The van der Waals surface area contributed by atoms with E-state index < -0.39 is 15.8 Å². The van der Waals surface area contributed by atoms with Gasteiger partial charge >= 0.3 is 5.97 Å². The van der Waals surface area contributed by atoms with Gasteiger partial charge in [0.15, 0.2) is 9.84 Å². The lowest BCUT2D eigenvalue weighted by Gasteiger charge is -2.16. The molecular weight excluding hydrogens is 316 g/mol. The Kier molecular flexibility index (Phi) is 5.99. The Morgan fingerprint density at radius 3 is 2.48 bits per heavy atom. The summed E-state index contributed by atoms with van der Waals surface area (Å²) in [6.07, 6.45) is 1.78. The molecule has 1 aromatic heterocycles. The monoisotopic (exact) mass is 336 g/mol. The molecule has 21 heavy (non-hydrogen) atoms. The molecule has 0 aromatic carbocycles. The zero-order valence-corrected chi connectivity index (χ0v) is 14.1. The van der Waals surface area contributed by atoms with Crippen molar-refractivity contribution in [2.45, 2.75) is 24.3 Å². The molecule has 0 spiro atoms. The maximum atomic E-state index is 11.9. The molecule has 0 radical (unpaired) electrons. The van der Waals surface area contributed by atoms with E-state index in [9.17, 15) is 13.2 Å². The molecule has 0 saturated carbocycles. The number of thiophene rings is 1. The van der Waals surface area contributed by atoms with E-state index in [1.165, 1.54) is 7.11 Å². The van der Waals surface area contributed by atoms with Gasteiger partial charge in [0.2, 0.25) is 0 Å². The Labute approximate surface area is 128 Å². The van der Waals surface area contributed by atoms with E-state index in [2.05, 4.69) is 10.1 Å². The van der Waals surface area contributed by atoms with Gasteiger partial charge < -0.3 is 20.5 Å². The first-order valence-electron chi connectivity index (χ1n) is 6.22. The lowest BCUT2D eigenvalue weighted by molar-refractivity contribution is 0.0607. The molecule has 1 unspecified atom stereocenters. The zero-order valence-electron chi connectivity index (χ0n) is 12.4. The molecule has 1 atom stereocenters. The van der Waals surface area contributed by atoms with Crippen molar-refractivity contribution in [3.8, 4) is 0 Å². The summed E-state index contributed by atoms with van der Waals surface area (Å²) in [6.45, 7) is 2.35. The Morgan fingerprint density at radius 2 is 2.05 bits per heavy atom. The second-order valence-electron chi connectivity index (χ2n) is 4.47. The number of methoxy groups -OCH3 is 2. The number of nitrogens with two attached hydrogens (primary N) is 1. The van der Waals surface area contributed by atoms with Gasteiger partial charge in [0.25, 0.3) is 0 Å². The fourth-order valence-electron chi connectivity index (χ4n) is 1.78. The number of carbonyl (C=O) groups excluding carboxylic acids is 1. The Balaban J connectivity index is 3.33. The van der Waals surface area contributed by atoms with Crippen LogP contribution in [0.15, 0.2) is 4.90 Å². The Morgan fingerprint density at radius 1 is 1.43 bits per heavy atom. The van der Waals surface area contributed by atoms with Crippen LogP contribution in [-0.4, -0.2) is 47.5 Å². The lowest BCUT2D eigenvalue weighted by atomic mass is 10.2. The number of carbonyl (C=O) groups is 1. The van der Waals surface area contributed by atoms with Crippen LogP contribution in [0.25, 0.3) is 0 Å². The van der Waals surface area contributed by atoms with E-state index >= 15 is 0 Å². The van der Waals surface area contributed by atoms with Crippen LogP contribution >= 0.6 is 11.3 Å². The van der Waals surface area contributed by atoms with Crippen LogP contribution in [0.3, 0.4) is 0 Å². The van der Waals surface area contributed by atoms with Crippen molar-refractivity contribution in [3.05, 3.63) is 4.88 Å². The van der Waals surface area contributed by atoms with Gasteiger partial charge in [-0.25, -0.2) is 13.2 Å². The molecule has 0 bridgehead atoms. The fourth-order valence-corrected chi connectivity index (χ4v) is 4.34. The molecule has 0 saturated heterocycles. The summed E-state index contributed by atoms with van der Waals surface area (Å²) in [5.74, 6) is -0.657. The molecule has 1 rings (SSSR count). The smallest absolute Gasteiger partial charge is 0.350 e. The largest absolute Gasteiger partial charge is 0.465 e. The van der Waals surface area contributed by atoms with E-state index in [0.29, 0.717) is 11.6 Å². The van der Waals surface area contributed by atoms with Crippen LogP contribution in [0.2, 0.25) is 0 Å². The van der Waals surface area contributed by atoms with E-state index in [0.717, 1.165) is 24.0 Å². The molecule has 0 fully saturated rings. The highest BCUT2D eigenvalue weighted by Gasteiger charge is 2.28. The zero-order chi connectivity index (χ0) is 16.2. The fraction of sp³-hybridized carbons (Fsp3) is 0.583. The molecule has 0 aliphatic carbocycles. The van der Waals surface area contributed by atoms with Gasteiger partial charge in [-0.2, -0.15) is 0 Å².